The predicted molar refractivity (Wildman–Crippen MR) is 87.3 cm³/mol. The zero-order valence-corrected chi connectivity index (χ0v) is 12.9. The minimum absolute atomic E-state index is 0.0482. The SMILES string of the molecule is Cc1ccc(NC(=O)CCNCc2ccccc2F)c(C)c1. The van der Waals surface area contributed by atoms with E-state index in [0.717, 1.165) is 11.3 Å². The van der Waals surface area contributed by atoms with E-state index in [4.69, 9.17) is 0 Å². The summed E-state index contributed by atoms with van der Waals surface area (Å²) in [7, 11) is 0. The largest absolute Gasteiger partial charge is 0.326 e. The molecule has 0 aliphatic rings. The van der Waals surface area contributed by atoms with Crippen molar-refractivity contribution < 1.29 is 9.18 Å². The second-order valence-electron chi connectivity index (χ2n) is 5.38. The normalized spacial score (nSPS) is 10.5. The lowest BCUT2D eigenvalue weighted by Gasteiger charge is -2.10. The second kappa shape index (κ2) is 7.71. The second-order valence-corrected chi connectivity index (χ2v) is 5.38. The Labute approximate surface area is 130 Å². The summed E-state index contributed by atoms with van der Waals surface area (Å²) in [5, 5.41) is 5.98. The first kappa shape index (κ1) is 16.2. The molecule has 0 aliphatic heterocycles. The maximum Gasteiger partial charge on any atom is 0.225 e. The van der Waals surface area contributed by atoms with E-state index in [9.17, 15) is 9.18 Å². The van der Waals surface area contributed by atoms with Gasteiger partial charge in [-0.1, -0.05) is 35.9 Å². The number of benzene rings is 2. The van der Waals surface area contributed by atoms with Crippen molar-refractivity contribution in [3.63, 3.8) is 0 Å². The van der Waals surface area contributed by atoms with Crippen LogP contribution in [-0.2, 0) is 11.3 Å². The Hall–Kier alpha value is -2.20. The Balaban J connectivity index is 1.75. The molecule has 0 saturated heterocycles. The van der Waals surface area contributed by atoms with Crippen molar-refractivity contribution in [2.75, 3.05) is 11.9 Å². The Morgan fingerprint density at radius 2 is 1.91 bits per heavy atom. The number of amides is 1. The van der Waals surface area contributed by atoms with Gasteiger partial charge in [0.05, 0.1) is 0 Å². The number of rotatable bonds is 6. The maximum atomic E-state index is 13.4. The number of aryl methyl sites for hydroxylation is 2. The number of carbonyl (C=O) groups excluding carboxylic acids is 1. The highest BCUT2D eigenvalue weighted by Gasteiger charge is 2.05. The molecular weight excluding hydrogens is 279 g/mol. The fourth-order valence-corrected chi connectivity index (χ4v) is 2.23. The number of hydrogen-bond acceptors (Lipinski definition) is 2. The van der Waals surface area contributed by atoms with Crippen LogP contribution in [0, 0.1) is 19.7 Å². The molecule has 0 saturated carbocycles. The summed E-state index contributed by atoms with van der Waals surface area (Å²) in [5.74, 6) is -0.275. The summed E-state index contributed by atoms with van der Waals surface area (Å²) in [5.41, 5.74) is 3.66. The summed E-state index contributed by atoms with van der Waals surface area (Å²) in [6.45, 7) is 4.92. The Bertz CT molecular complexity index is 655. The van der Waals surface area contributed by atoms with E-state index in [1.807, 2.05) is 32.0 Å². The van der Waals surface area contributed by atoms with E-state index in [2.05, 4.69) is 10.6 Å². The topological polar surface area (TPSA) is 41.1 Å². The third-order valence-electron chi connectivity index (χ3n) is 3.46. The van der Waals surface area contributed by atoms with Gasteiger partial charge in [-0.3, -0.25) is 4.79 Å². The Morgan fingerprint density at radius 1 is 1.14 bits per heavy atom. The lowest BCUT2D eigenvalue weighted by molar-refractivity contribution is -0.116. The van der Waals surface area contributed by atoms with E-state index < -0.39 is 0 Å². The molecule has 0 radical (unpaired) electrons. The van der Waals surface area contributed by atoms with Crippen LogP contribution in [-0.4, -0.2) is 12.5 Å². The molecule has 1 amide bonds. The molecule has 116 valence electrons. The molecule has 4 heteroatoms. The smallest absolute Gasteiger partial charge is 0.225 e. The molecule has 2 N–H and O–H groups in total. The maximum absolute atomic E-state index is 13.4. The molecule has 0 unspecified atom stereocenters. The molecule has 2 aromatic carbocycles. The summed E-state index contributed by atoms with van der Waals surface area (Å²) < 4.78 is 13.4. The molecule has 0 aromatic heterocycles. The summed E-state index contributed by atoms with van der Waals surface area (Å²) in [4.78, 5) is 11.9. The van der Waals surface area contributed by atoms with E-state index in [1.165, 1.54) is 11.6 Å². The lowest BCUT2D eigenvalue weighted by atomic mass is 10.1. The Morgan fingerprint density at radius 3 is 2.64 bits per heavy atom. The highest BCUT2D eigenvalue weighted by atomic mass is 19.1. The summed E-state index contributed by atoms with van der Waals surface area (Å²) in [6.07, 6.45) is 0.349. The van der Waals surface area contributed by atoms with Crippen molar-refractivity contribution in [1.82, 2.24) is 5.32 Å². The first-order chi connectivity index (χ1) is 10.6. The molecule has 0 atom stereocenters. The van der Waals surface area contributed by atoms with Crippen molar-refractivity contribution in [3.05, 3.63) is 65.0 Å². The summed E-state index contributed by atoms with van der Waals surface area (Å²) >= 11 is 0. The van der Waals surface area contributed by atoms with Crippen molar-refractivity contribution in [2.45, 2.75) is 26.8 Å². The number of hydrogen-bond donors (Lipinski definition) is 2. The van der Waals surface area contributed by atoms with Gasteiger partial charge in [-0.2, -0.15) is 0 Å². The van der Waals surface area contributed by atoms with E-state index in [0.29, 0.717) is 25.1 Å². The average Bonchev–Trinajstić information content (AvgIpc) is 2.48. The third kappa shape index (κ3) is 4.67. The van der Waals surface area contributed by atoms with Gasteiger partial charge in [-0.25, -0.2) is 4.39 Å². The number of halogens is 1. The number of carbonyl (C=O) groups is 1. The molecule has 2 aromatic rings. The highest BCUT2D eigenvalue weighted by molar-refractivity contribution is 5.91. The fraction of sp³-hybridized carbons (Fsp3) is 0.278. The van der Waals surface area contributed by atoms with Crippen molar-refractivity contribution >= 4 is 11.6 Å². The van der Waals surface area contributed by atoms with Gasteiger partial charge in [0.25, 0.3) is 0 Å². The molecule has 0 spiro atoms. The highest BCUT2D eigenvalue weighted by Crippen LogP contribution is 2.16. The number of anilines is 1. The van der Waals surface area contributed by atoms with Crippen LogP contribution in [0.25, 0.3) is 0 Å². The van der Waals surface area contributed by atoms with Crippen LogP contribution in [0.2, 0.25) is 0 Å². The quantitative estimate of drug-likeness (QED) is 0.801. The molecule has 0 aliphatic carbocycles. The predicted octanol–water partition coefficient (Wildman–Crippen LogP) is 3.56. The zero-order chi connectivity index (χ0) is 15.9. The van der Waals surface area contributed by atoms with E-state index in [1.54, 1.807) is 18.2 Å². The van der Waals surface area contributed by atoms with E-state index >= 15 is 0 Å². The lowest BCUT2D eigenvalue weighted by Crippen LogP contribution is -2.22. The van der Waals surface area contributed by atoms with Crippen molar-refractivity contribution in [2.24, 2.45) is 0 Å². The van der Waals surface area contributed by atoms with Gasteiger partial charge in [-0.15, -0.1) is 0 Å². The monoisotopic (exact) mass is 300 g/mol. The first-order valence-electron chi connectivity index (χ1n) is 7.37. The van der Waals surface area contributed by atoms with Gasteiger partial charge in [0.1, 0.15) is 5.82 Å². The summed E-state index contributed by atoms with van der Waals surface area (Å²) in [6, 6.07) is 12.5. The van der Waals surface area contributed by atoms with Crippen LogP contribution in [0.15, 0.2) is 42.5 Å². The Kier molecular flexibility index (Phi) is 5.67. The average molecular weight is 300 g/mol. The zero-order valence-electron chi connectivity index (χ0n) is 12.9. The van der Waals surface area contributed by atoms with Gasteiger partial charge in [0, 0.05) is 30.8 Å². The molecule has 22 heavy (non-hydrogen) atoms. The fourth-order valence-electron chi connectivity index (χ4n) is 2.23. The molecular formula is C18H21FN2O. The van der Waals surface area contributed by atoms with Crippen LogP contribution in [0.3, 0.4) is 0 Å². The van der Waals surface area contributed by atoms with Crippen molar-refractivity contribution in [3.8, 4) is 0 Å². The molecule has 2 rings (SSSR count). The molecule has 3 nitrogen and oxygen atoms in total. The van der Waals surface area contributed by atoms with Gasteiger partial charge < -0.3 is 10.6 Å². The van der Waals surface area contributed by atoms with Crippen LogP contribution in [0.5, 0.6) is 0 Å². The van der Waals surface area contributed by atoms with Crippen LogP contribution < -0.4 is 10.6 Å². The van der Waals surface area contributed by atoms with E-state index in [-0.39, 0.29) is 11.7 Å². The van der Waals surface area contributed by atoms with Gasteiger partial charge in [0.2, 0.25) is 5.91 Å². The van der Waals surface area contributed by atoms with Gasteiger partial charge in [0.15, 0.2) is 0 Å². The minimum Gasteiger partial charge on any atom is -0.326 e. The van der Waals surface area contributed by atoms with Crippen LogP contribution in [0.1, 0.15) is 23.1 Å². The number of nitrogens with one attached hydrogen (secondary N) is 2. The minimum atomic E-state index is -0.227. The van der Waals surface area contributed by atoms with Crippen molar-refractivity contribution in [1.29, 1.82) is 0 Å². The van der Waals surface area contributed by atoms with Gasteiger partial charge >= 0.3 is 0 Å². The molecule has 0 bridgehead atoms. The van der Waals surface area contributed by atoms with Crippen LogP contribution >= 0.6 is 0 Å². The standard InChI is InChI=1S/C18H21FN2O/c1-13-7-8-17(14(2)11-13)21-18(22)9-10-20-12-15-5-3-4-6-16(15)19/h3-8,11,20H,9-10,12H2,1-2H3,(H,21,22). The van der Waals surface area contributed by atoms with Gasteiger partial charge in [-0.05, 0) is 31.5 Å². The molecule has 0 fully saturated rings. The third-order valence-corrected chi connectivity index (χ3v) is 3.46. The molecule has 0 heterocycles. The van der Waals surface area contributed by atoms with Crippen LogP contribution in [0.4, 0.5) is 10.1 Å². The first-order valence-corrected chi connectivity index (χ1v) is 7.37.